The van der Waals surface area contributed by atoms with Gasteiger partial charge in [-0.2, -0.15) is 0 Å². The average molecular weight is 261 g/mol. The predicted molar refractivity (Wildman–Crippen MR) is 62.3 cm³/mol. The fourth-order valence-corrected chi connectivity index (χ4v) is 3.73. The summed E-state index contributed by atoms with van der Waals surface area (Å²) >= 11 is 5.70. The van der Waals surface area contributed by atoms with Crippen molar-refractivity contribution in [2.75, 3.05) is 13.1 Å². The summed E-state index contributed by atoms with van der Waals surface area (Å²) in [5, 5.41) is 3.11. The molecule has 1 aliphatic heterocycles. The Hall–Kier alpha value is -0.650. The molecule has 2 rings (SSSR count). The van der Waals surface area contributed by atoms with Crippen LogP contribution < -0.4 is 5.32 Å². The number of rotatable bonds is 2. The lowest BCUT2D eigenvalue weighted by molar-refractivity contribution is 0.494. The highest BCUT2D eigenvalue weighted by atomic mass is 35.5. The maximum atomic E-state index is 12.2. The number of nitrogens with zero attached hydrogens (tertiary/aromatic N) is 1. The van der Waals surface area contributed by atoms with Gasteiger partial charge in [-0.25, -0.2) is 13.4 Å². The van der Waals surface area contributed by atoms with Crippen molar-refractivity contribution in [1.29, 1.82) is 0 Å². The van der Waals surface area contributed by atoms with E-state index >= 15 is 0 Å². The van der Waals surface area contributed by atoms with Crippen molar-refractivity contribution in [2.45, 2.75) is 23.1 Å². The van der Waals surface area contributed by atoms with E-state index in [9.17, 15) is 8.42 Å². The van der Waals surface area contributed by atoms with Gasteiger partial charge in [0.2, 0.25) is 0 Å². The van der Waals surface area contributed by atoms with Gasteiger partial charge in [0.25, 0.3) is 0 Å². The molecule has 0 radical (unpaired) electrons. The van der Waals surface area contributed by atoms with E-state index in [2.05, 4.69) is 10.3 Å². The lowest BCUT2D eigenvalue weighted by atomic mass is 10.2. The van der Waals surface area contributed by atoms with Gasteiger partial charge in [-0.3, -0.25) is 0 Å². The first-order valence-corrected chi connectivity index (χ1v) is 7.10. The van der Waals surface area contributed by atoms with Gasteiger partial charge in [-0.15, -0.1) is 0 Å². The van der Waals surface area contributed by atoms with Crippen molar-refractivity contribution in [1.82, 2.24) is 10.3 Å². The molecular formula is C10H13ClN2O2S. The van der Waals surface area contributed by atoms with Gasteiger partial charge in [-0.1, -0.05) is 17.7 Å². The van der Waals surface area contributed by atoms with E-state index in [4.69, 9.17) is 11.6 Å². The fraction of sp³-hybridized carbons (Fsp3) is 0.500. The molecule has 0 spiro atoms. The normalized spacial score (nSPS) is 18.6. The summed E-state index contributed by atoms with van der Waals surface area (Å²) in [5.41, 5.74) is 0. The molecule has 0 bridgehead atoms. The number of hydrogen-bond acceptors (Lipinski definition) is 4. The molecular weight excluding hydrogens is 248 g/mol. The quantitative estimate of drug-likeness (QED) is 0.814. The molecule has 0 aromatic carbocycles. The standard InChI is InChI=1S/C10H13ClN2O2S/c11-9-2-1-3-10(13-9)16(14,15)8-4-6-12-7-5-8/h1-3,8,12H,4-7H2. The molecule has 2 heterocycles. The maximum absolute atomic E-state index is 12.2. The number of aromatic nitrogens is 1. The van der Waals surface area contributed by atoms with E-state index in [1.807, 2.05) is 0 Å². The topological polar surface area (TPSA) is 59.1 Å². The van der Waals surface area contributed by atoms with E-state index in [1.54, 1.807) is 12.1 Å². The summed E-state index contributed by atoms with van der Waals surface area (Å²) in [6, 6.07) is 4.69. The third-order valence-electron chi connectivity index (χ3n) is 2.71. The molecule has 88 valence electrons. The van der Waals surface area contributed by atoms with E-state index in [1.165, 1.54) is 6.07 Å². The van der Waals surface area contributed by atoms with Crippen LogP contribution >= 0.6 is 11.6 Å². The number of pyridine rings is 1. The molecule has 0 unspecified atom stereocenters. The van der Waals surface area contributed by atoms with Crippen molar-refractivity contribution in [3.05, 3.63) is 23.4 Å². The fourth-order valence-electron chi connectivity index (χ4n) is 1.82. The molecule has 1 saturated heterocycles. The minimum Gasteiger partial charge on any atom is -0.317 e. The van der Waals surface area contributed by atoms with Gasteiger partial charge in [-0.05, 0) is 38.1 Å². The van der Waals surface area contributed by atoms with Crippen LogP contribution in [-0.4, -0.2) is 31.7 Å². The Morgan fingerprint density at radius 2 is 2.00 bits per heavy atom. The smallest absolute Gasteiger partial charge is 0.198 e. The van der Waals surface area contributed by atoms with Crippen molar-refractivity contribution in [3.63, 3.8) is 0 Å². The third kappa shape index (κ3) is 2.36. The molecule has 0 amide bonds. The minimum absolute atomic E-state index is 0.0897. The number of halogens is 1. The van der Waals surface area contributed by atoms with E-state index in [0.29, 0.717) is 12.8 Å². The highest BCUT2D eigenvalue weighted by Gasteiger charge is 2.29. The molecule has 1 fully saturated rings. The first-order valence-electron chi connectivity index (χ1n) is 5.18. The molecule has 0 aliphatic carbocycles. The van der Waals surface area contributed by atoms with Crippen LogP contribution in [0.2, 0.25) is 5.15 Å². The summed E-state index contributed by atoms with van der Waals surface area (Å²) in [4.78, 5) is 3.88. The van der Waals surface area contributed by atoms with Crippen LogP contribution in [-0.2, 0) is 9.84 Å². The summed E-state index contributed by atoms with van der Waals surface area (Å²) in [6.07, 6.45) is 1.27. The molecule has 0 atom stereocenters. The molecule has 16 heavy (non-hydrogen) atoms. The van der Waals surface area contributed by atoms with Crippen molar-refractivity contribution in [3.8, 4) is 0 Å². The maximum Gasteiger partial charge on any atom is 0.198 e. The van der Waals surface area contributed by atoms with Crippen LogP contribution in [0.15, 0.2) is 23.2 Å². The monoisotopic (exact) mass is 260 g/mol. The van der Waals surface area contributed by atoms with Gasteiger partial charge >= 0.3 is 0 Å². The van der Waals surface area contributed by atoms with Crippen LogP contribution in [0, 0.1) is 0 Å². The molecule has 1 aromatic rings. The average Bonchev–Trinajstić information content (AvgIpc) is 2.30. The van der Waals surface area contributed by atoms with Crippen LogP contribution in [0.4, 0.5) is 0 Å². The lowest BCUT2D eigenvalue weighted by Gasteiger charge is -2.22. The van der Waals surface area contributed by atoms with E-state index in [-0.39, 0.29) is 15.4 Å². The minimum atomic E-state index is -3.32. The van der Waals surface area contributed by atoms with Gasteiger partial charge in [0.05, 0.1) is 5.25 Å². The zero-order valence-corrected chi connectivity index (χ0v) is 10.3. The van der Waals surface area contributed by atoms with Gasteiger partial charge in [0.15, 0.2) is 14.9 Å². The van der Waals surface area contributed by atoms with Crippen LogP contribution in [0.3, 0.4) is 0 Å². The molecule has 0 saturated carbocycles. The molecule has 6 heteroatoms. The largest absolute Gasteiger partial charge is 0.317 e. The predicted octanol–water partition coefficient (Wildman–Crippen LogP) is 1.26. The van der Waals surface area contributed by atoms with Gasteiger partial charge in [0.1, 0.15) is 5.15 Å². The van der Waals surface area contributed by atoms with Gasteiger partial charge in [0, 0.05) is 0 Å². The van der Waals surface area contributed by atoms with Crippen molar-refractivity contribution >= 4 is 21.4 Å². The Bertz CT molecular complexity index is 469. The first-order chi connectivity index (χ1) is 7.60. The zero-order valence-electron chi connectivity index (χ0n) is 8.69. The zero-order chi connectivity index (χ0) is 11.6. The molecule has 1 aromatic heterocycles. The number of hydrogen-bond donors (Lipinski definition) is 1. The summed E-state index contributed by atoms with van der Waals surface area (Å²) in [7, 11) is -3.32. The number of sulfone groups is 1. The molecule has 1 N–H and O–H groups in total. The lowest BCUT2D eigenvalue weighted by Crippen LogP contribution is -2.36. The highest BCUT2D eigenvalue weighted by Crippen LogP contribution is 2.21. The van der Waals surface area contributed by atoms with Gasteiger partial charge < -0.3 is 5.32 Å². The Morgan fingerprint density at radius 3 is 2.62 bits per heavy atom. The highest BCUT2D eigenvalue weighted by molar-refractivity contribution is 7.92. The summed E-state index contributed by atoms with van der Waals surface area (Å²) in [6.45, 7) is 1.48. The summed E-state index contributed by atoms with van der Waals surface area (Å²) in [5.74, 6) is 0. The van der Waals surface area contributed by atoms with Crippen molar-refractivity contribution in [2.24, 2.45) is 0 Å². The third-order valence-corrected chi connectivity index (χ3v) is 5.08. The van der Waals surface area contributed by atoms with Crippen LogP contribution in [0.25, 0.3) is 0 Å². The number of nitrogens with one attached hydrogen (secondary N) is 1. The van der Waals surface area contributed by atoms with E-state index < -0.39 is 9.84 Å². The van der Waals surface area contributed by atoms with Crippen molar-refractivity contribution < 1.29 is 8.42 Å². The second-order valence-corrected chi connectivity index (χ2v) is 6.36. The first kappa shape index (κ1) is 11.8. The molecule has 4 nitrogen and oxygen atoms in total. The van der Waals surface area contributed by atoms with Crippen LogP contribution in [0.1, 0.15) is 12.8 Å². The molecule has 1 aliphatic rings. The Balaban J connectivity index is 2.30. The van der Waals surface area contributed by atoms with E-state index in [0.717, 1.165) is 13.1 Å². The van der Waals surface area contributed by atoms with Crippen LogP contribution in [0.5, 0.6) is 0 Å². The second-order valence-electron chi connectivity index (χ2n) is 3.79. The number of piperidine rings is 1. The summed E-state index contributed by atoms with van der Waals surface area (Å²) < 4.78 is 24.4. The Labute approximate surface area is 99.9 Å². The Morgan fingerprint density at radius 1 is 1.31 bits per heavy atom. The SMILES string of the molecule is O=S(=O)(c1cccc(Cl)n1)C1CCNCC1. The second kappa shape index (κ2) is 4.69. The Kier molecular flexibility index (Phi) is 3.47.